The number of rotatable bonds is 0. The zero-order valence-electron chi connectivity index (χ0n) is 9.82. The molecule has 88 valence electrons. The molecule has 0 unspecified atom stereocenters. The Labute approximate surface area is 100 Å². The van der Waals surface area contributed by atoms with Crippen molar-refractivity contribution in [1.82, 2.24) is 0 Å². The molecule has 17 heavy (non-hydrogen) atoms. The molecule has 5 aliphatic rings. The molecule has 2 heteroatoms. The van der Waals surface area contributed by atoms with Crippen molar-refractivity contribution in [3.8, 4) is 0 Å². The van der Waals surface area contributed by atoms with Gasteiger partial charge in [-0.05, 0) is 49.4 Å². The van der Waals surface area contributed by atoms with E-state index in [1.54, 1.807) is 11.1 Å². The molecular formula is C15H16O2. The highest BCUT2D eigenvalue weighted by Gasteiger charge is 2.64. The maximum atomic E-state index is 12.0. The van der Waals surface area contributed by atoms with E-state index in [-0.39, 0.29) is 29.8 Å². The summed E-state index contributed by atoms with van der Waals surface area (Å²) in [7, 11) is 0. The fourth-order valence-corrected chi connectivity index (χ4v) is 6.02. The van der Waals surface area contributed by atoms with Crippen LogP contribution in [0.25, 0.3) is 0 Å². The summed E-state index contributed by atoms with van der Waals surface area (Å²) < 4.78 is 0. The van der Waals surface area contributed by atoms with E-state index >= 15 is 0 Å². The van der Waals surface area contributed by atoms with Gasteiger partial charge < -0.3 is 0 Å². The lowest BCUT2D eigenvalue weighted by atomic mass is 9.72. The first-order valence-corrected chi connectivity index (χ1v) is 7.05. The topological polar surface area (TPSA) is 34.1 Å². The summed E-state index contributed by atoms with van der Waals surface area (Å²) in [4.78, 5) is 24.0. The van der Waals surface area contributed by atoms with E-state index in [4.69, 9.17) is 0 Å². The van der Waals surface area contributed by atoms with E-state index in [1.807, 2.05) is 0 Å². The summed E-state index contributed by atoms with van der Waals surface area (Å²) in [6.07, 6.45) is 5.45. The van der Waals surface area contributed by atoms with E-state index in [1.165, 1.54) is 19.3 Å². The Balaban J connectivity index is 1.69. The number of carbonyl (C=O) groups is 2. The van der Waals surface area contributed by atoms with Crippen LogP contribution in [0.3, 0.4) is 0 Å². The van der Waals surface area contributed by atoms with Gasteiger partial charge >= 0.3 is 0 Å². The number of carbonyl (C=O) groups excluding carboxylic acids is 2. The van der Waals surface area contributed by atoms with E-state index in [0.717, 1.165) is 18.3 Å². The molecule has 0 amide bonds. The Hall–Kier alpha value is -0.920. The van der Waals surface area contributed by atoms with Gasteiger partial charge in [0.2, 0.25) is 0 Å². The fourth-order valence-electron chi connectivity index (χ4n) is 6.02. The maximum Gasteiger partial charge on any atom is 0.144 e. The van der Waals surface area contributed by atoms with Gasteiger partial charge in [-0.25, -0.2) is 0 Å². The fraction of sp³-hybridized carbons (Fsp3) is 0.733. The summed E-state index contributed by atoms with van der Waals surface area (Å²) >= 11 is 0. The second-order valence-corrected chi connectivity index (χ2v) is 6.73. The largest absolute Gasteiger partial charge is 0.299 e. The number of fused-ring (bicyclic) bond motifs is 11. The van der Waals surface area contributed by atoms with Crippen molar-refractivity contribution >= 4 is 11.6 Å². The van der Waals surface area contributed by atoms with Crippen LogP contribution in [0.2, 0.25) is 0 Å². The Morgan fingerprint density at radius 3 is 1.82 bits per heavy atom. The van der Waals surface area contributed by atoms with Crippen molar-refractivity contribution in [1.29, 1.82) is 0 Å². The highest BCUT2D eigenvalue weighted by molar-refractivity contribution is 6.10. The molecule has 0 heterocycles. The Bertz CT molecular complexity index is 459. The molecule has 0 aromatic rings. The molecular weight excluding hydrogens is 212 g/mol. The van der Waals surface area contributed by atoms with Crippen molar-refractivity contribution in [2.45, 2.75) is 32.1 Å². The monoisotopic (exact) mass is 228 g/mol. The summed E-state index contributed by atoms with van der Waals surface area (Å²) in [5.74, 6) is 3.35. The summed E-state index contributed by atoms with van der Waals surface area (Å²) in [6, 6.07) is 0. The highest BCUT2D eigenvalue weighted by Crippen LogP contribution is 2.68. The van der Waals surface area contributed by atoms with Crippen molar-refractivity contribution in [3.63, 3.8) is 0 Å². The number of hydrogen-bond acceptors (Lipinski definition) is 2. The van der Waals surface area contributed by atoms with Crippen molar-refractivity contribution in [2.24, 2.45) is 35.5 Å². The van der Waals surface area contributed by atoms with Crippen molar-refractivity contribution in [3.05, 3.63) is 11.1 Å². The minimum atomic E-state index is 0.116. The molecule has 0 saturated heterocycles. The molecule has 5 rings (SSSR count). The lowest BCUT2D eigenvalue weighted by Gasteiger charge is -2.30. The number of ketones is 2. The van der Waals surface area contributed by atoms with Gasteiger partial charge in [0.05, 0.1) is 6.42 Å². The highest BCUT2D eigenvalue weighted by atomic mass is 16.2. The molecule has 6 atom stereocenters. The third-order valence-electron chi connectivity index (χ3n) is 6.30. The van der Waals surface area contributed by atoms with Gasteiger partial charge in [-0.2, -0.15) is 0 Å². The van der Waals surface area contributed by atoms with Gasteiger partial charge in [-0.3, -0.25) is 9.59 Å². The van der Waals surface area contributed by atoms with Gasteiger partial charge in [0, 0.05) is 11.8 Å². The predicted molar refractivity (Wildman–Crippen MR) is 61.1 cm³/mol. The van der Waals surface area contributed by atoms with Crippen molar-refractivity contribution < 1.29 is 9.59 Å². The maximum absolute atomic E-state index is 12.0. The van der Waals surface area contributed by atoms with Gasteiger partial charge in [0.15, 0.2) is 0 Å². The van der Waals surface area contributed by atoms with Crippen LogP contribution in [0.15, 0.2) is 11.1 Å². The van der Waals surface area contributed by atoms with Crippen LogP contribution in [-0.2, 0) is 9.59 Å². The van der Waals surface area contributed by atoms with Gasteiger partial charge in [-0.15, -0.1) is 0 Å². The van der Waals surface area contributed by atoms with Gasteiger partial charge in [0.25, 0.3) is 0 Å². The van der Waals surface area contributed by atoms with E-state index in [0.29, 0.717) is 11.8 Å². The van der Waals surface area contributed by atoms with Crippen LogP contribution >= 0.6 is 0 Å². The molecule has 4 bridgehead atoms. The molecule has 5 aliphatic carbocycles. The SMILES string of the molecule is O=C1CC(=O)[C@H]2[C@H]1[C@H]1C[C@H]2C2=C1[C@H]1CC[C@H]2C1. The van der Waals surface area contributed by atoms with Crippen LogP contribution in [0.5, 0.6) is 0 Å². The summed E-state index contributed by atoms with van der Waals surface area (Å²) in [6.45, 7) is 0. The summed E-state index contributed by atoms with van der Waals surface area (Å²) in [5.41, 5.74) is 3.35. The molecule has 0 spiro atoms. The molecule has 0 aromatic carbocycles. The third-order valence-corrected chi connectivity index (χ3v) is 6.30. The molecule has 0 N–H and O–H groups in total. The molecule has 3 saturated carbocycles. The zero-order chi connectivity index (χ0) is 11.3. The standard InChI is InChI=1S/C15H16O2/c16-10-5-11(17)15-9-4-8(14(10)15)12-6-1-2-7(3-6)13(9)12/h6-9,14-15H,1-5H2/t6-,7-,8-,9-,14-,15-/m0/s1. The Morgan fingerprint density at radius 2 is 1.29 bits per heavy atom. The molecule has 0 radical (unpaired) electrons. The normalized spacial score (nSPS) is 53.9. The lowest BCUT2D eigenvalue weighted by Crippen LogP contribution is -2.29. The third kappa shape index (κ3) is 0.820. The lowest BCUT2D eigenvalue weighted by molar-refractivity contribution is -0.123. The first-order chi connectivity index (χ1) is 8.25. The number of allylic oxidation sites excluding steroid dienone is 2. The predicted octanol–water partition coefficient (Wildman–Crippen LogP) is 2.14. The first kappa shape index (κ1) is 9.07. The van der Waals surface area contributed by atoms with Crippen LogP contribution in [0.1, 0.15) is 32.1 Å². The van der Waals surface area contributed by atoms with Gasteiger partial charge in [-0.1, -0.05) is 11.1 Å². The molecule has 3 fully saturated rings. The van der Waals surface area contributed by atoms with Crippen molar-refractivity contribution in [2.75, 3.05) is 0 Å². The number of hydrogen-bond donors (Lipinski definition) is 0. The van der Waals surface area contributed by atoms with Crippen LogP contribution in [0, 0.1) is 35.5 Å². The quantitative estimate of drug-likeness (QED) is 0.361. The minimum Gasteiger partial charge on any atom is -0.299 e. The molecule has 2 nitrogen and oxygen atoms in total. The minimum absolute atomic E-state index is 0.116. The average molecular weight is 228 g/mol. The second kappa shape index (κ2) is 2.57. The summed E-state index contributed by atoms with van der Waals surface area (Å²) in [5, 5.41) is 0. The molecule has 0 aromatic heterocycles. The van der Waals surface area contributed by atoms with E-state index in [9.17, 15) is 9.59 Å². The van der Waals surface area contributed by atoms with Gasteiger partial charge in [0.1, 0.15) is 11.6 Å². The van der Waals surface area contributed by atoms with E-state index < -0.39 is 0 Å². The average Bonchev–Trinajstić information content (AvgIpc) is 3.03. The van der Waals surface area contributed by atoms with Crippen LogP contribution < -0.4 is 0 Å². The Kier molecular flexibility index (Phi) is 1.37. The number of Topliss-reactive ketones (excluding diaryl/α,β-unsaturated/α-hetero) is 2. The van der Waals surface area contributed by atoms with Crippen LogP contribution in [0.4, 0.5) is 0 Å². The Morgan fingerprint density at radius 1 is 0.765 bits per heavy atom. The smallest absolute Gasteiger partial charge is 0.144 e. The zero-order valence-corrected chi connectivity index (χ0v) is 9.82. The second-order valence-electron chi connectivity index (χ2n) is 6.73. The van der Waals surface area contributed by atoms with Crippen LogP contribution in [-0.4, -0.2) is 11.6 Å². The first-order valence-electron chi connectivity index (χ1n) is 7.05. The molecule has 0 aliphatic heterocycles. The van der Waals surface area contributed by atoms with E-state index in [2.05, 4.69) is 0 Å².